The van der Waals surface area contributed by atoms with Crippen molar-refractivity contribution in [3.8, 4) is 5.75 Å². The van der Waals surface area contributed by atoms with Gasteiger partial charge < -0.3 is 15.0 Å². The van der Waals surface area contributed by atoms with E-state index in [-0.39, 0.29) is 12.5 Å². The maximum absolute atomic E-state index is 11.9. The molecule has 3 rings (SSSR count). The molecule has 0 unspecified atom stereocenters. The van der Waals surface area contributed by atoms with Crippen LogP contribution >= 0.6 is 11.6 Å². The SMILES string of the molecule is CN1CCc2cc(NC(=O)COc3ccc(Cl)cc3)ccc21. The molecule has 0 bridgehead atoms. The van der Waals surface area contributed by atoms with Crippen LogP contribution in [0.15, 0.2) is 42.5 Å². The van der Waals surface area contributed by atoms with Gasteiger partial charge in [-0.1, -0.05) is 11.6 Å². The fourth-order valence-electron chi connectivity index (χ4n) is 2.52. The second-order valence-corrected chi connectivity index (χ2v) is 5.74. The summed E-state index contributed by atoms with van der Waals surface area (Å²) in [6.07, 6.45) is 1.01. The third-order valence-electron chi connectivity index (χ3n) is 3.67. The van der Waals surface area contributed by atoms with Crippen LogP contribution in [0.2, 0.25) is 5.02 Å². The number of nitrogens with zero attached hydrogens (tertiary/aromatic N) is 1. The predicted octanol–water partition coefficient (Wildman–Crippen LogP) is 3.35. The van der Waals surface area contributed by atoms with Crippen molar-refractivity contribution in [1.82, 2.24) is 0 Å². The maximum Gasteiger partial charge on any atom is 0.262 e. The van der Waals surface area contributed by atoms with Gasteiger partial charge in [-0.05, 0) is 54.4 Å². The molecule has 1 N–H and O–H groups in total. The van der Waals surface area contributed by atoms with E-state index in [1.165, 1.54) is 11.3 Å². The number of anilines is 2. The molecule has 1 amide bonds. The van der Waals surface area contributed by atoms with Gasteiger partial charge in [0.25, 0.3) is 5.91 Å². The van der Waals surface area contributed by atoms with Gasteiger partial charge in [-0.25, -0.2) is 0 Å². The topological polar surface area (TPSA) is 41.6 Å². The Kier molecular flexibility index (Phi) is 4.20. The number of fused-ring (bicyclic) bond motifs is 1. The summed E-state index contributed by atoms with van der Waals surface area (Å²) in [6, 6.07) is 12.9. The van der Waals surface area contributed by atoms with Crippen molar-refractivity contribution in [2.24, 2.45) is 0 Å². The summed E-state index contributed by atoms with van der Waals surface area (Å²) in [6.45, 7) is 0.991. The van der Waals surface area contributed by atoms with Crippen LogP contribution in [0.5, 0.6) is 5.75 Å². The minimum atomic E-state index is -0.179. The number of ether oxygens (including phenoxy) is 1. The van der Waals surface area contributed by atoms with E-state index in [4.69, 9.17) is 16.3 Å². The Morgan fingerprint density at radius 1 is 1.27 bits per heavy atom. The highest BCUT2D eigenvalue weighted by Gasteiger charge is 2.16. The standard InChI is InChI=1S/C17H17ClN2O2/c1-20-9-8-12-10-14(4-7-16(12)20)19-17(21)11-22-15-5-2-13(18)3-6-15/h2-7,10H,8-9,11H2,1H3,(H,19,21). The molecule has 114 valence electrons. The Morgan fingerprint density at radius 3 is 2.82 bits per heavy atom. The first kappa shape index (κ1) is 14.7. The summed E-state index contributed by atoms with van der Waals surface area (Å²) in [7, 11) is 2.07. The fourth-order valence-corrected chi connectivity index (χ4v) is 2.65. The van der Waals surface area contributed by atoms with Gasteiger partial charge >= 0.3 is 0 Å². The van der Waals surface area contributed by atoms with E-state index in [1.807, 2.05) is 18.2 Å². The van der Waals surface area contributed by atoms with E-state index < -0.39 is 0 Å². The molecule has 22 heavy (non-hydrogen) atoms. The number of halogens is 1. The smallest absolute Gasteiger partial charge is 0.262 e. The van der Waals surface area contributed by atoms with Crippen LogP contribution in [0, 0.1) is 0 Å². The number of likely N-dealkylation sites (N-methyl/N-ethyl adjacent to an activating group) is 1. The summed E-state index contributed by atoms with van der Waals surface area (Å²) in [5, 5.41) is 3.50. The lowest BCUT2D eigenvalue weighted by Crippen LogP contribution is -2.20. The van der Waals surface area contributed by atoms with Crippen LogP contribution in [0.25, 0.3) is 0 Å². The molecule has 1 aliphatic heterocycles. The third kappa shape index (κ3) is 3.34. The van der Waals surface area contributed by atoms with Gasteiger partial charge in [-0.3, -0.25) is 4.79 Å². The second-order valence-electron chi connectivity index (χ2n) is 5.31. The van der Waals surface area contributed by atoms with E-state index in [2.05, 4.69) is 17.3 Å². The normalized spacial score (nSPS) is 12.9. The van der Waals surface area contributed by atoms with Crippen molar-refractivity contribution in [1.29, 1.82) is 0 Å². The molecule has 2 aromatic carbocycles. The van der Waals surface area contributed by atoms with Gasteiger partial charge in [0, 0.05) is 30.0 Å². The number of carbonyl (C=O) groups excluding carboxylic acids is 1. The number of nitrogens with one attached hydrogen (secondary N) is 1. The largest absolute Gasteiger partial charge is 0.484 e. The first-order valence-corrected chi connectivity index (χ1v) is 7.52. The molecule has 0 fully saturated rings. The second kappa shape index (κ2) is 6.28. The first-order chi connectivity index (χ1) is 10.6. The molecule has 4 nitrogen and oxygen atoms in total. The lowest BCUT2D eigenvalue weighted by Gasteiger charge is -2.12. The van der Waals surface area contributed by atoms with Crippen molar-refractivity contribution >= 4 is 28.9 Å². The lowest BCUT2D eigenvalue weighted by atomic mass is 10.1. The molecule has 2 aromatic rings. The summed E-state index contributed by atoms with van der Waals surface area (Å²) in [5.41, 5.74) is 3.30. The number of rotatable bonds is 4. The van der Waals surface area contributed by atoms with E-state index in [9.17, 15) is 4.79 Å². The molecule has 0 spiro atoms. The Morgan fingerprint density at radius 2 is 2.05 bits per heavy atom. The molecular weight excluding hydrogens is 300 g/mol. The van der Waals surface area contributed by atoms with Crippen LogP contribution in [0.3, 0.4) is 0 Å². The highest BCUT2D eigenvalue weighted by Crippen LogP contribution is 2.29. The number of carbonyl (C=O) groups is 1. The molecule has 0 saturated carbocycles. The van der Waals surface area contributed by atoms with Gasteiger partial charge in [-0.15, -0.1) is 0 Å². The monoisotopic (exact) mass is 316 g/mol. The van der Waals surface area contributed by atoms with Crippen molar-refractivity contribution in [3.05, 3.63) is 53.1 Å². The molecule has 0 radical (unpaired) electrons. The summed E-state index contributed by atoms with van der Waals surface area (Å²) < 4.78 is 5.43. The van der Waals surface area contributed by atoms with Crippen molar-refractivity contribution in [2.75, 3.05) is 30.4 Å². The average Bonchev–Trinajstić information content (AvgIpc) is 2.88. The van der Waals surface area contributed by atoms with Crippen LogP contribution < -0.4 is 15.0 Å². The number of amides is 1. The summed E-state index contributed by atoms with van der Waals surface area (Å²) >= 11 is 5.80. The van der Waals surface area contributed by atoms with Crippen molar-refractivity contribution in [2.45, 2.75) is 6.42 Å². The molecule has 0 aliphatic carbocycles. The molecular formula is C17H17ClN2O2. The molecule has 0 atom stereocenters. The molecule has 0 aromatic heterocycles. The number of hydrogen-bond donors (Lipinski definition) is 1. The summed E-state index contributed by atoms with van der Waals surface area (Å²) in [5.74, 6) is 0.441. The summed E-state index contributed by atoms with van der Waals surface area (Å²) in [4.78, 5) is 14.2. The first-order valence-electron chi connectivity index (χ1n) is 7.14. The molecule has 1 aliphatic rings. The van der Waals surface area contributed by atoms with Gasteiger partial charge in [-0.2, -0.15) is 0 Å². The third-order valence-corrected chi connectivity index (χ3v) is 3.93. The van der Waals surface area contributed by atoms with Crippen LogP contribution in [-0.4, -0.2) is 26.1 Å². The highest BCUT2D eigenvalue weighted by molar-refractivity contribution is 6.30. The molecule has 1 heterocycles. The molecule has 5 heteroatoms. The number of hydrogen-bond acceptors (Lipinski definition) is 3. The van der Waals surface area contributed by atoms with E-state index in [0.29, 0.717) is 10.8 Å². The van der Waals surface area contributed by atoms with Crippen molar-refractivity contribution < 1.29 is 9.53 Å². The average molecular weight is 317 g/mol. The van der Waals surface area contributed by atoms with E-state index in [1.54, 1.807) is 24.3 Å². The zero-order valence-electron chi connectivity index (χ0n) is 12.3. The van der Waals surface area contributed by atoms with Crippen molar-refractivity contribution in [3.63, 3.8) is 0 Å². The van der Waals surface area contributed by atoms with Crippen LogP contribution in [0.4, 0.5) is 11.4 Å². The predicted molar refractivity (Wildman–Crippen MR) is 89.0 cm³/mol. The molecule has 0 saturated heterocycles. The Balaban J connectivity index is 1.57. The minimum absolute atomic E-state index is 0.0291. The highest BCUT2D eigenvalue weighted by atomic mass is 35.5. The zero-order valence-corrected chi connectivity index (χ0v) is 13.1. The fraction of sp³-hybridized carbons (Fsp3) is 0.235. The Labute approximate surface area is 134 Å². The van der Waals surface area contributed by atoms with Crippen LogP contribution in [-0.2, 0) is 11.2 Å². The minimum Gasteiger partial charge on any atom is -0.484 e. The quantitative estimate of drug-likeness (QED) is 0.940. The Bertz CT molecular complexity index is 686. The number of benzene rings is 2. The zero-order chi connectivity index (χ0) is 15.5. The van der Waals surface area contributed by atoms with E-state index in [0.717, 1.165) is 18.7 Å². The van der Waals surface area contributed by atoms with Gasteiger partial charge in [0.15, 0.2) is 6.61 Å². The van der Waals surface area contributed by atoms with Crippen LogP contribution in [0.1, 0.15) is 5.56 Å². The van der Waals surface area contributed by atoms with Gasteiger partial charge in [0.05, 0.1) is 0 Å². The lowest BCUT2D eigenvalue weighted by molar-refractivity contribution is -0.118. The Hall–Kier alpha value is -2.20. The maximum atomic E-state index is 11.9. The van der Waals surface area contributed by atoms with E-state index >= 15 is 0 Å². The van der Waals surface area contributed by atoms with Gasteiger partial charge in [0.1, 0.15) is 5.75 Å². The van der Waals surface area contributed by atoms with Gasteiger partial charge in [0.2, 0.25) is 0 Å².